The van der Waals surface area contributed by atoms with Gasteiger partial charge in [0.25, 0.3) is 0 Å². The molecule has 0 aromatic heterocycles. The predicted octanol–water partition coefficient (Wildman–Crippen LogP) is 0.759. The van der Waals surface area contributed by atoms with Gasteiger partial charge in [0.05, 0.1) is 12.7 Å². The summed E-state index contributed by atoms with van der Waals surface area (Å²) in [5, 5.41) is 10.0. The highest BCUT2D eigenvalue weighted by Crippen LogP contribution is 2.34. The molecular formula is C10H21NO2. The number of aliphatic hydroxyl groups is 1. The summed E-state index contributed by atoms with van der Waals surface area (Å²) in [6, 6.07) is 0. The minimum Gasteiger partial charge on any atom is -0.392 e. The Kier molecular flexibility index (Phi) is 3.71. The molecule has 1 rings (SSSR count). The Balaban J connectivity index is 2.66. The largest absolute Gasteiger partial charge is 0.392 e. The van der Waals surface area contributed by atoms with Gasteiger partial charge in [0.2, 0.25) is 0 Å². The summed E-state index contributed by atoms with van der Waals surface area (Å²) in [6.45, 7) is 6.00. The molecule has 0 saturated carbocycles. The van der Waals surface area contributed by atoms with Crippen LogP contribution in [0.15, 0.2) is 0 Å². The number of hydrogen-bond donors (Lipinski definition) is 2. The zero-order valence-electron chi connectivity index (χ0n) is 8.62. The second-order valence-corrected chi connectivity index (χ2v) is 4.41. The molecule has 0 aromatic rings. The van der Waals surface area contributed by atoms with Crippen LogP contribution in [0, 0.1) is 11.3 Å². The third kappa shape index (κ3) is 2.22. The lowest BCUT2D eigenvalue weighted by Crippen LogP contribution is -2.49. The maximum atomic E-state index is 10.0. The standard InChI is InChI=1S/C10H21NO2/c1-8(2)9(12)10(6-11)4-3-5-13-7-10/h8-9,12H,3-7,11H2,1-2H3. The Morgan fingerprint density at radius 1 is 1.54 bits per heavy atom. The van der Waals surface area contributed by atoms with Crippen molar-refractivity contribution in [3.8, 4) is 0 Å². The van der Waals surface area contributed by atoms with Crippen LogP contribution in [-0.2, 0) is 4.74 Å². The lowest BCUT2D eigenvalue weighted by molar-refractivity contribution is -0.0923. The predicted molar refractivity (Wildman–Crippen MR) is 52.4 cm³/mol. The number of rotatable bonds is 3. The summed E-state index contributed by atoms with van der Waals surface area (Å²) in [7, 11) is 0. The summed E-state index contributed by atoms with van der Waals surface area (Å²) >= 11 is 0. The van der Waals surface area contributed by atoms with E-state index in [0.717, 1.165) is 19.4 Å². The van der Waals surface area contributed by atoms with Gasteiger partial charge in [-0.1, -0.05) is 13.8 Å². The van der Waals surface area contributed by atoms with Gasteiger partial charge in [-0.2, -0.15) is 0 Å². The van der Waals surface area contributed by atoms with E-state index in [4.69, 9.17) is 10.5 Å². The van der Waals surface area contributed by atoms with Crippen LogP contribution in [0.3, 0.4) is 0 Å². The molecule has 3 N–H and O–H groups in total. The van der Waals surface area contributed by atoms with Crippen molar-refractivity contribution >= 4 is 0 Å². The molecule has 1 heterocycles. The average molecular weight is 187 g/mol. The highest BCUT2D eigenvalue weighted by atomic mass is 16.5. The molecule has 1 aliphatic rings. The molecule has 0 aliphatic carbocycles. The lowest BCUT2D eigenvalue weighted by Gasteiger charge is -2.41. The molecule has 78 valence electrons. The van der Waals surface area contributed by atoms with E-state index in [9.17, 15) is 5.11 Å². The van der Waals surface area contributed by atoms with Crippen LogP contribution in [0.4, 0.5) is 0 Å². The number of aliphatic hydroxyl groups excluding tert-OH is 1. The van der Waals surface area contributed by atoms with Crippen molar-refractivity contribution in [3.63, 3.8) is 0 Å². The Hall–Kier alpha value is -0.120. The van der Waals surface area contributed by atoms with E-state index in [-0.39, 0.29) is 17.4 Å². The quantitative estimate of drug-likeness (QED) is 0.686. The first-order valence-electron chi connectivity index (χ1n) is 5.08. The first-order valence-corrected chi connectivity index (χ1v) is 5.08. The van der Waals surface area contributed by atoms with Crippen LogP contribution in [0.1, 0.15) is 26.7 Å². The summed E-state index contributed by atoms with van der Waals surface area (Å²) < 4.78 is 5.41. The number of ether oxygens (including phenoxy) is 1. The SMILES string of the molecule is CC(C)C(O)C1(CN)CCCOC1. The van der Waals surface area contributed by atoms with E-state index in [2.05, 4.69) is 0 Å². The van der Waals surface area contributed by atoms with Crippen molar-refractivity contribution in [3.05, 3.63) is 0 Å². The minimum atomic E-state index is -0.335. The van der Waals surface area contributed by atoms with E-state index < -0.39 is 0 Å². The van der Waals surface area contributed by atoms with Gasteiger partial charge in [-0.3, -0.25) is 0 Å². The van der Waals surface area contributed by atoms with Crippen molar-refractivity contribution in [2.45, 2.75) is 32.8 Å². The van der Waals surface area contributed by atoms with Crippen molar-refractivity contribution in [2.75, 3.05) is 19.8 Å². The van der Waals surface area contributed by atoms with Gasteiger partial charge in [0, 0.05) is 18.6 Å². The Morgan fingerprint density at radius 3 is 2.62 bits per heavy atom. The first-order chi connectivity index (χ1) is 6.12. The van der Waals surface area contributed by atoms with E-state index in [0.29, 0.717) is 13.2 Å². The highest BCUT2D eigenvalue weighted by molar-refractivity contribution is 4.90. The van der Waals surface area contributed by atoms with Gasteiger partial charge in [0.15, 0.2) is 0 Å². The van der Waals surface area contributed by atoms with Crippen LogP contribution < -0.4 is 5.73 Å². The van der Waals surface area contributed by atoms with Gasteiger partial charge in [-0.25, -0.2) is 0 Å². The third-order valence-electron chi connectivity index (χ3n) is 3.02. The number of hydrogen-bond acceptors (Lipinski definition) is 3. The maximum Gasteiger partial charge on any atom is 0.0653 e. The molecule has 0 radical (unpaired) electrons. The third-order valence-corrected chi connectivity index (χ3v) is 3.02. The molecule has 2 unspecified atom stereocenters. The molecule has 0 spiro atoms. The molecule has 3 nitrogen and oxygen atoms in total. The summed E-state index contributed by atoms with van der Waals surface area (Å²) in [5.41, 5.74) is 5.55. The van der Waals surface area contributed by atoms with Crippen LogP contribution in [0.5, 0.6) is 0 Å². The highest BCUT2D eigenvalue weighted by Gasteiger charge is 2.39. The van der Waals surface area contributed by atoms with Crippen LogP contribution >= 0.6 is 0 Å². The molecule has 13 heavy (non-hydrogen) atoms. The van der Waals surface area contributed by atoms with Crippen LogP contribution in [0.25, 0.3) is 0 Å². The van der Waals surface area contributed by atoms with Crippen molar-refractivity contribution in [1.29, 1.82) is 0 Å². The summed E-state index contributed by atoms with van der Waals surface area (Å²) in [5.74, 6) is 0.255. The average Bonchev–Trinajstić information content (AvgIpc) is 2.17. The van der Waals surface area contributed by atoms with E-state index in [1.54, 1.807) is 0 Å². The second kappa shape index (κ2) is 4.40. The lowest BCUT2D eigenvalue weighted by atomic mass is 9.73. The molecule has 1 saturated heterocycles. The Morgan fingerprint density at radius 2 is 2.23 bits per heavy atom. The first kappa shape index (κ1) is 11.0. The summed E-state index contributed by atoms with van der Waals surface area (Å²) in [4.78, 5) is 0. The fraction of sp³-hybridized carbons (Fsp3) is 1.00. The van der Waals surface area contributed by atoms with Gasteiger partial charge >= 0.3 is 0 Å². The van der Waals surface area contributed by atoms with E-state index >= 15 is 0 Å². The van der Waals surface area contributed by atoms with Crippen molar-refractivity contribution < 1.29 is 9.84 Å². The molecule has 0 amide bonds. The van der Waals surface area contributed by atoms with Crippen molar-refractivity contribution in [2.24, 2.45) is 17.1 Å². The molecule has 2 atom stereocenters. The molecule has 0 bridgehead atoms. The second-order valence-electron chi connectivity index (χ2n) is 4.41. The Bertz CT molecular complexity index is 153. The minimum absolute atomic E-state index is 0.188. The van der Waals surface area contributed by atoms with Gasteiger partial charge < -0.3 is 15.6 Å². The molecule has 1 aliphatic heterocycles. The number of nitrogens with two attached hydrogens (primary N) is 1. The van der Waals surface area contributed by atoms with Gasteiger partial charge in [0.1, 0.15) is 0 Å². The van der Waals surface area contributed by atoms with Crippen LogP contribution in [-0.4, -0.2) is 31.0 Å². The van der Waals surface area contributed by atoms with E-state index in [1.807, 2.05) is 13.8 Å². The van der Waals surface area contributed by atoms with Gasteiger partial charge in [-0.15, -0.1) is 0 Å². The molecule has 1 fully saturated rings. The van der Waals surface area contributed by atoms with Crippen LogP contribution in [0.2, 0.25) is 0 Å². The fourth-order valence-electron chi connectivity index (χ4n) is 2.10. The molecular weight excluding hydrogens is 166 g/mol. The normalized spacial score (nSPS) is 32.1. The van der Waals surface area contributed by atoms with Gasteiger partial charge in [-0.05, 0) is 18.8 Å². The molecule has 3 heteroatoms. The fourth-order valence-corrected chi connectivity index (χ4v) is 2.10. The smallest absolute Gasteiger partial charge is 0.0653 e. The Labute approximate surface area is 80.3 Å². The topological polar surface area (TPSA) is 55.5 Å². The van der Waals surface area contributed by atoms with E-state index in [1.165, 1.54) is 0 Å². The van der Waals surface area contributed by atoms with Crippen molar-refractivity contribution in [1.82, 2.24) is 0 Å². The zero-order valence-corrected chi connectivity index (χ0v) is 8.62. The molecule has 0 aromatic carbocycles. The summed E-state index contributed by atoms with van der Waals surface area (Å²) in [6.07, 6.45) is 1.67. The maximum absolute atomic E-state index is 10.0. The zero-order chi connectivity index (χ0) is 9.90. The monoisotopic (exact) mass is 187 g/mol.